The number of nitrogens with zero attached hydrogens (tertiary/aromatic N) is 3. The zero-order valence-corrected chi connectivity index (χ0v) is 17.4. The predicted octanol–water partition coefficient (Wildman–Crippen LogP) is 5.93. The summed E-state index contributed by atoms with van der Waals surface area (Å²) in [6, 6.07) is 12.4. The maximum absolute atomic E-state index is 12.9. The zero-order chi connectivity index (χ0) is 20.1. The van der Waals surface area contributed by atoms with E-state index in [2.05, 4.69) is 10.3 Å². The summed E-state index contributed by atoms with van der Waals surface area (Å²) >= 11 is 18.5. The molecule has 0 saturated heterocycles. The molecule has 8 heteroatoms. The van der Waals surface area contributed by atoms with Gasteiger partial charge in [-0.3, -0.25) is 4.79 Å². The Bertz CT molecular complexity index is 1180. The van der Waals surface area contributed by atoms with Crippen LogP contribution in [0.2, 0.25) is 15.1 Å². The number of Topliss-reactive ketones (excluding diaryl/α,β-unsaturated/α-hetero) is 1. The van der Waals surface area contributed by atoms with E-state index < -0.39 is 6.04 Å². The topological polar surface area (TPSA) is 59.8 Å². The molecule has 1 aliphatic heterocycles. The third-order valence-corrected chi connectivity index (χ3v) is 6.18. The van der Waals surface area contributed by atoms with Crippen LogP contribution in [0.25, 0.3) is 11.4 Å². The average molecular weight is 446 g/mol. The van der Waals surface area contributed by atoms with Crippen molar-refractivity contribution >= 4 is 46.5 Å². The molecular weight excluding hydrogens is 431 g/mol. The molecule has 29 heavy (non-hydrogen) atoms. The van der Waals surface area contributed by atoms with E-state index in [-0.39, 0.29) is 5.78 Å². The molecule has 0 spiro atoms. The Morgan fingerprint density at radius 1 is 1.03 bits per heavy atom. The van der Waals surface area contributed by atoms with E-state index in [0.717, 1.165) is 29.7 Å². The summed E-state index contributed by atoms with van der Waals surface area (Å²) in [6.07, 6.45) is 2.12. The van der Waals surface area contributed by atoms with Crippen molar-refractivity contribution in [1.82, 2.24) is 14.8 Å². The van der Waals surface area contributed by atoms with Crippen LogP contribution in [0, 0.1) is 0 Å². The first-order valence-corrected chi connectivity index (χ1v) is 10.4. The van der Waals surface area contributed by atoms with E-state index in [0.29, 0.717) is 38.8 Å². The summed E-state index contributed by atoms with van der Waals surface area (Å²) in [6.45, 7) is 0. The maximum Gasteiger partial charge on any atom is 0.226 e. The molecule has 5 nitrogen and oxygen atoms in total. The van der Waals surface area contributed by atoms with Crippen LogP contribution in [0.4, 0.5) is 5.95 Å². The second-order valence-corrected chi connectivity index (χ2v) is 8.33. The molecule has 0 saturated carbocycles. The van der Waals surface area contributed by atoms with Crippen molar-refractivity contribution in [3.63, 3.8) is 0 Å². The standard InChI is InChI=1S/C21H15Cl3N4O/c22-13-4-1-3-12(9-13)20-26-21-25-16-5-2-6-17(29)18(16)19(28(21)27-20)11-7-8-14(23)15(24)10-11/h1,3-4,7-10,19H,2,5-6H2,(H,25,26,27). The highest BCUT2D eigenvalue weighted by atomic mass is 35.5. The SMILES string of the molecule is O=C1CCCC2=C1C(c1ccc(Cl)c(Cl)c1)n1nc(-c3cccc(Cl)c3)nc1N2. The molecule has 1 N–H and O–H groups in total. The number of aromatic nitrogens is 3. The van der Waals surface area contributed by atoms with Crippen LogP contribution in [0.15, 0.2) is 53.7 Å². The summed E-state index contributed by atoms with van der Waals surface area (Å²) in [5.74, 6) is 1.23. The Kier molecular flexibility index (Phi) is 4.62. The van der Waals surface area contributed by atoms with Gasteiger partial charge in [-0.2, -0.15) is 4.98 Å². The molecule has 0 amide bonds. The predicted molar refractivity (Wildman–Crippen MR) is 115 cm³/mol. The molecule has 0 bridgehead atoms. The van der Waals surface area contributed by atoms with Gasteiger partial charge in [0.25, 0.3) is 0 Å². The lowest BCUT2D eigenvalue weighted by atomic mass is 9.85. The number of allylic oxidation sites excluding steroid dienone is 2. The number of rotatable bonds is 2. The Balaban J connectivity index is 1.69. The molecular formula is C21H15Cl3N4O. The van der Waals surface area contributed by atoms with Crippen LogP contribution in [0.3, 0.4) is 0 Å². The van der Waals surface area contributed by atoms with Gasteiger partial charge in [0, 0.05) is 28.3 Å². The van der Waals surface area contributed by atoms with Gasteiger partial charge in [0.15, 0.2) is 11.6 Å². The zero-order valence-electron chi connectivity index (χ0n) is 15.1. The Labute approximate surface area is 182 Å². The summed E-state index contributed by atoms with van der Waals surface area (Å²) in [4.78, 5) is 17.5. The van der Waals surface area contributed by atoms with Crippen molar-refractivity contribution in [2.24, 2.45) is 0 Å². The van der Waals surface area contributed by atoms with Crippen molar-refractivity contribution in [2.45, 2.75) is 25.3 Å². The lowest BCUT2D eigenvalue weighted by molar-refractivity contribution is -0.116. The molecule has 2 aliphatic rings. The lowest BCUT2D eigenvalue weighted by Crippen LogP contribution is -2.31. The number of hydrogen-bond donors (Lipinski definition) is 1. The van der Waals surface area contributed by atoms with E-state index in [4.69, 9.17) is 39.9 Å². The Morgan fingerprint density at radius 2 is 1.90 bits per heavy atom. The van der Waals surface area contributed by atoms with Gasteiger partial charge in [-0.25, -0.2) is 4.68 Å². The lowest BCUT2D eigenvalue weighted by Gasteiger charge is -2.32. The van der Waals surface area contributed by atoms with Gasteiger partial charge in [0.2, 0.25) is 5.95 Å². The number of hydrogen-bond acceptors (Lipinski definition) is 4. The Hall–Kier alpha value is -2.34. The summed E-state index contributed by atoms with van der Waals surface area (Å²) in [5.41, 5.74) is 3.25. The minimum Gasteiger partial charge on any atom is -0.328 e. The number of halogens is 3. The quantitative estimate of drug-likeness (QED) is 0.531. The van der Waals surface area contributed by atoms with Crippen LogP contribution in [0.5, 0.6) is 0 Å². The highest BCUT2D eigenvalue weighted by molar-refractivity contribution is 6.42. The van der Waals surface area contributed by atoms with Crippen LogP contribution in [0.1, 0.15) is 30.9 Å². The van der Waals surface area contributed by atoms with E-state index in [1.54, 1.807) is 22.9 Å². The molecule has 5 rings (SSSR count). The molecule has 1 unspecified atom stereocenters. The smallest absolute Gasteiger partial charge is 0.226 e. The fourth-order valence-electron chi connectivity index (χ4n) is 3.90. The van der Waals surface area contributed by atoms with Crippen molar-refractivity contribution in [1.29, 1.82) is 0 Å². The van der Waals surface area contributed by atoms with E-state index >= 15 is 0 Å². The highest BCUT2D eigenvalue weighted by Gasteiger charge is 2.37. The van der Waals surface area contributed by atoms with Gasteiger partial charge in [0.1, 0.15) is 6.04 Å². The molecule has 3 aromatic rings. The number of nitrogens with one attached hydrogen (secondary N) is 1. The van der Waals surface area contributed by atoms with Crippen LogP contribution in [-0.4, -0.2) is 20.5 Å². The average Bonchev–Trinajstić information content (AvgIpc) is 3.12. The first kappa shape index (κ1) is 18.7. The van der Waals surface area contributed by atoms with E-state index in [1.165, 1.54) is 0 Å². The van der Waals surface area contributed by atoms with Gasteiger partial charge in [-0.05, 0) is 42.7 Å². The van der Waals surface area contributed by atoms with Gasteiger partial charge >= 0.3 is 0 Å². The molecule has 0 fully saturated rings. The minimum absolute atomic E-state index is 0.111. The minimum atomic E-state index is -0.413. The largest absolute Gasteiger partial charge is 0.328 e. The number of ketones is 1. The van der Waals surface area contributed by atoms with E-state index in [9.17, 15) is 4.79 Å². The maximum atomic E-state index is 12.9. The van der Waals surface area contributed by atoms with E-state index in [1.807, 2.05) is 24.3 Å². The van der Waals surface area contributed by atoms with Crippen LogP contribution >= 0.6 is 34.8 Å². The number of anilines is 1. The van der Waals surface area contributed by atoms with Gasteiger partial charge < -0.3 is 5.32 Å². The Morgan fingerprint density at radius 3 is 2.69 bits per heavy atom. The summed E-state index contributed by atoms with van der Waals surface area (Å²) in [5, 5.41) is 9.54. The monoisotopic (exact) mass is 444 g/mol. The second-order valence-electron chi connectivity index (χ2n) is 7.08. The fourth-order valence-corrected chi connectivity index (χ4v) is 4.39. The first-order chi connectivity index (χ1) is 14.0. The van der Waals surface area contributed by atoms with Gasteiger partial charge in [-0.15, -0.1) is 5.10 Å². The van der Waals surface area contributed by atoms with Crippen LogP contribution in [-0.2, 0) is 4.79 Å². The fraction of sp³-hybridized carbons (Fsp3) is 0.190. The number of carbonyl (C=O) groups is 1. The molecule has 146 valence electrons. The summed E-state index contributed by atoms with van der Waals surface area (Å²) in [7, 11) is 0. The molecule has 2 aromatic carbocycles. The van der Waals surface area contributed by atoms with Crippen molar-refractivity contribution < 1.29 is 4.79 Å². The van der Waals surface area contributed by atoms with Gasteiger partial charge in [0.05, 0.1) is 10.0 Å². The van der Waals surface area contributed by atoms with Crippen molar-refractivity contribution in [2.75, 3.05) is 5.32 Å². The normalized spacial score (nSPS) is 18.3. The molecule has 2 heterocycles. The first-order valence-electron chi connectivity index (χ1n) is 9.22. The summed E-state index contributed by atoms with van der Waals surface area (Å²) < 4.78 is 1.75. The van der Waals surface area contributed by atoms with Gasteiger partial charge in [-0.1, -0.05) is 53.0 Å². The molecule has 1 aliphatic carbocycles. The number of benzene rings is 2. The molecule has 1 atom stereocenters. The third kappa shape index (κ3) is 3.23. The molecule has 0 radical (unpaired) electrons. The van der Waals surface area contributed by atoms with Crippen molar-refractivity contribution in [3.05, 3.63) is 74.4 Å². The highest BCUT2D eigenvalue weighted by Crippen LogP contribution is 2.41. The second kappa shape index (κ2) is 7.17. The van der Waals surface area contributed by atoms with Crippen LogP contribution < -0.4 is 5.32 Å². The third-order valence-electron chi connectivity index (χ3n) is 5.21. The number of fused-ring (bicyclic) bond motifs is 1. The number of carbonyl (C=O) groups excluding carboxylic acids is 1. The molecule has 1 aromatic heterocycles. The van der Waals surface area contributed by atoms with Crippen molar-refractivity contribution in [3.8, 4) is 11.4 Å².